The van der Waals surface area contributed by atoms with Gasteiger partial charge in [0.2, 0.25) is 0 Å². The lowest BCUT2D eigenvalue weighted by atomic mass is 9.88. The maximum Gasteiger partial charge on any atom is 0.255 e. The van der Waals surface area contributed by atoms with Crippen molar-refractivity contribution in [3.05, 3.63) is 95.4 Å². The van der Waals surface area contributed by atoms with E-state index in [1.807, 2.05) is 0 Å². The fourth-order valence-corrected chi connectivity index (χ4v) is 5.12. The molecule has 2 heterocycles. The first kappa shape index (κ1) is 27.5. The van der Waals surface area contributed by atoms with Gasteiger partial charge >= 0.3 is 0 Å². The van der Waals surface area contributed by atoms with E-state index >= 15 is 0 Å². The van der Waals surface area contributed by atoms with Gasteiger partial charge in [-0.1, -0.05) is 24.3 Å². The SMILES string of the molecule is COc1cc2nccc(Oc3ccc(CC(=O)C4(C(=O)Cc5ccc(F)cc5)CC4)cc3)c2cc1C(=O)NC1COC1. The Labute approximate surface area is 241 Å². The first-order valence-electron chi connectivity index (χ1n) is 13.8. The highest BCUT2D eigenvalue weighted by atomic mass is 19.1. The minimum atomic E-state index is -0.948. The highest BCUT2D eigenvalue weighted by Crippen LogP contribution is 2.49. The molecular weight excluding hydrogens is 539 g/mol. The van der Waals surface area contributed by atoms with E-state index in [9.17, 15) is 18.8 Å². The summed E-state index contributed by atoms with van der Waals surface area (Å²) in [6, 6.07) is 18.0. The zero-order valence-corrected chi connectivity index (χ0v) is 23.0. The molecule has 42 heavy (non-hydrogen) atoms. The van der Waals surface area contributed by atoms with Crippen molar-refractivity contribution in [2.75, 3.05) is 20.3 Å². The number of carbonyl (C=O) groups is 3. The van der Waals surface area contributed by atoms with Gasteiger partial charge in [0, 0.05) is 30.5 Å². The number of carbonyl (C=O) groups excluding carboxylic acids is 3. The van der Waals surface area contributed by atoms with Gasteiger partial charge in [-0.15, -0.1) is 0 Å². The molecule has 1 aliphatic heterocycles. The molecule has 4 aromatic rings. The average Bonchev–Trinajstić information content (AvgIpc) is 3.79. The molecular formula is C33H29FN2O6. The van der Waals surface area contributed by atoms with Gasteiger partial charge in [0.05, 0.1) is 42.9 Å². The number of hydrogen-bond donors (Lipinski definition) is 1. The van der Waals surface area contributed by atoms with E-state index in [-0.39, 0.29) is 42.2 Å². The van der Waals surface area contributed by atoms with Crippen LogP contribution in [-0.2, 0) is 27.2 Å². The quantitative estimate of drug-likeness (QED) is 0.254. The number of nitrogens with zero attached hydrogens (tertiary/aromatic N) is 1. The van der Waals surface area contributed by atoms with Crippen LogP contribution in [0, 0.1) is 11.2 Å². The largest absolute Gasteiger partial charge is 0.496 e. The van der Waals surface area contributed by atoms with E-state index in [1.165, 1.54) is 19.2 Å². The zero-order chi connectivity index (χ0) is 29.3. The number of halogens is 1. The van der Waals surface area contributed by atoms with E-state index in [1.54, 1.807) is 60.8 Å². The third-order valence-electron chi connectivity index (χ3n) is 7.85. The smallest absolute Gasteiger partial charge is 0.255 e. The number of methoxy groups -OCH3 is 1. The maximum absolute atomic E-state index is 13.2. The van der Waals surface area contributed by atoms with E-state index in [0.29, 0.717) is 65.3 Å². The summed E-state index contributed by atoms with van der Waals surface area (Å²) in [5.74, 6) is 0.613. The molecule has 1 N–H and O–H groups in total. The predicted molar refractivity (Wildman–Crippen MR) is 152 cm³/mol. The summed E-state index contributed by atoms with van der Waals surface area (Å²) < 4.78 is 30.0. The molecule has 1 saturated carbocycles. The molecule has 0 spiro atoms. The van der Waals surface area contributed by atoms with Crippen LogP contribution in [0.5, 0.6) is 17.2 Å². The third kappa shape index (κ3) is 5.60. The molecule has 1 amide bonds. The van der Waals surface area contributed by atoms with Crippen molar-refractivity contribution in [2.24, 2.45) is 5.41 Å². The fourth-order valence-electron chi connectivity index (χ4n) is 5.12. The van der Waals surface area contributed by atoms with Crippen molar-refractivity contribution >= 4 is 28.4 Å². The van der Waals surface area contributed by atoms with Crippen molar-refractivity contribution in [1.29, 1.82) is 0 Å². The Kier molecular flexibility index (Phi) is 7.43. The van der Waals surface area contributed by atoms with E-state index in [4.69, 9.17) is 14.2 Å². The number of benzene rings is 3. The molecule has 6 rings (SSSR count). The Morgan fingerprint density at radius 1 is 0.929 bits per heavy atom. The van der Waals surface area contributed by atoms with Crippen LogP contribution >= 0.6 is 0 Å². The van der Waals surface area contributed by atoms with Gasteiger partial charge in [0.1, 0.15) is 23.1 Å². The second kappa shape index (κ2) is 11.3. The summed E-state index contributed by atoms with van der Waals surface area (Å²) in [4.78, 5) is 43.5. The normalized spacial score (nSPS) is 15.5. The van der Waals surface area contributed by atoms with Crippen LogP contribution in [0.25, 0.3) is 10.9 Å². The molecule has 3 aromatic carbocycles. The number of nitrogens with one attached hydrogen (secondary N) is 1. The van der Waals surface area contributed by atoms with Gasteiger partial charge in [-0.3, -0.25) is 19.4 Å². The van der Waals surface area contributed by atoms with Crippen LogP contribution in [0.3, 0.4) is 0 Å². The predicted octanol–water partition coefficient (Wildman–Crippen LogP) is 5.01. The molecule has 0 radical (unpaired) electrons. The number of ether oxygens (including phenoxy) is 3. The molecule has 2 fully saturated rings. The van der Waals surface area contributed by atoms with Crippen molar-refractivity contribution in [2.45, 2.75) is 31.7 Å². The Morgan fingerprint density at radius 2 is 1.57 bits per heavy atom. The minimum absolute atomic E-state index is 0.0318. The monoisotopic (exact) mass is 568 g/mol. The van der Waals surface area contributed by atoms with Crippen molar-refractivity contribution < 1.29 is 33.0 Å². The summed E-state index contributed by atoms with van der Waals surface area (Å²) in [6.07, 6.45) is 2.96. The Hall–Kier alpha value is -4.63. The molecule has 0 unspecified atom stereocenters. The fraction of sp³-hybridized carbons (Fsp3) is 0.273. The summed E-state index contributed by atoms with van der Waals surface area (Å²) >= 11 is 0. The first-order chi connectivity index (χ1) is 20.3. The lowest BCUT2D eigenvalue weighted by Crippen LogP contribution is -2.48. The molecule has 1 saturated heterocycles. The summed E-state index contributed by atoms with van der Waals surface area (Å²) in [5, 5.41) is 3.57. The first-order valence-corrected chi connectivity index (χ1v) is 13.8. The summed E-state index contributed by atoms with van der Waals surface area (Å²) in [7, 11) is 1.50. The second-order valence-corrected chi connectivity index (χ2v) is 10.7. The van der Waals surface area contributed by atoms with Crippen LogP contribution in [0.15, 0.2) is 72.9 Å². The molecule has 0 atom stereocenters. The van der Waals surface area contributed by atoms with E-state index in [2.05, 4.69) is 10.3 Å². The molecule has 0 bridgehead atoms. The summed E-state index contributed by atoms with van der Waals surface area (Å²) in [5.41, 5.74) is 1.50. The lowest BCUT2D eigenvalue weighted by molar-refractivity contribution is -0.133. The molecule has 2 aliphatic rings. The lowest BCUT2D eigenvalue weighted by Gasteiger charge is -2.27. The van der Waals surface area contributed by atoms with Gasteiger partial charge in [-0.05, 0) is 60.4 Å². The van der Waals surface area contributed by atoms with Gasteiger partial charge in [0.15, 0.2) is 11.6 Å². The second-order valence-electron chi connectivity index (χ2n) is 10.7. The number of aromatic nitrogens is 1. The number of amides is 1. The average molecular weight is 569 g/mol. The van der Waals surface area contributed by atoms with Crippen LogP contribution in [-0.4, -0.2) is 48.8 Å². The number of ketones is 2. The molecule has 9 heteroatoms. The number of hydrogen-bond acceptors (Lipinski definition) is 7. The van der Waals surface area contributed by atoms with Crippen molar-refractivity contribution in [3.63, 3.8) is 0 Å². The highest BCUT2D eigenvalue weighted by molar-refractivity contribution is 6.11. The Bertz CT molecular complexity index is 1660. The number of fused-ring (bicyclic) bond motifs is 1. The van der Waals surface area contributed by atoms with E-state index in [0.717, 1.165) is 5.56 Å². The Morgan fingerprint density at radius 3 is 2.14 bits per heavy atom. The number of rotatable bonds is 11. The topological polar surface area (TPSA) is 104 Å². The number of Topliss-reactive ketones (excluding diaryl/α,β-unsaturated/α-hetero) is 2. The van der Waals surface area contributed by atoms with Crippen LogP contribution in [0.1, 0.15) is 34.3 Å². The highest BCUT2D eigenvalue weighted by Gasteiger charge is 2.54. The van der Waals surface area contributed by atoms with Gasteiger partial charge in [0.25, 0.3) is 5.91 Å². The van der Waals surface area contributed by atoms with Crippen LogP contribution in [0.2, 0.25) is 0 Å². The van der Waals surface area contributed by atoms with Crippen LogP contribution in [0.4, 0.5) is 4.39 Å². The molecule has 214 valence electrons. The molecule has 1 aliphatic carbocycles. The standard InChI is InChI=1S/C33H29FN2O6/c1-40-29-17-27-25(16-26(29)32(39)36-23-18-41-19-23)28(10-13-35-27)42-24-8-4-21(5-9-24)15-31(38)33(11-12-33)30(37)14-20-2-6-22(34)7-3-20/h2-10,13,16-17,23H,11-12,14-15,18-19H2,1H3,(H,36,39). The van der Waals surface area contributed by atoms with E-state index < -0.39 is 5.41 Å². The Balaban J connectivity index is 1.15. The van der Waals surface area contributed by atoms with Crippen molar-refractivity contribution in [3.8, 4) is 17.2 Å². The minimum Gasteiger partial charge on any atom is -0.496 e. The van der Waals surface area contributed by atoms with Gasteiger partial charge in [-0.2, -0.15) is 0 Å². The third-order valence-corrected chi connectivity index (χ3v) is 7.85. The zero-order valence-electron chi connectivity index (χ0n) is 23.0. The molecule has 1 aromatic heterocycles. The summed E-state index contributed by atoms with van der Waals surface area (Å²) in [6.45, 7) is 0.957. The number of pyridine rings is 1. The van der Waals surface area contributed by atoms with Gasteiger partial charge in [-0.25, -0.2) is 4.39 Å². The maximum atomic E-state index is 13.2. The molecule has 8 nitrogen and oxygen atoms in total. The van der Waals surface area contributed by atoms with Gasteiger partial charge < -0.3 is 19.5 Å². The van der Waals surface area contributed by atoms with Crippen molar-refractivity contribution in [1.82, 2.24) is 10.3 Å². The van der Waals surface area contributed by atoms with Crippen LogP contribution < -0.4 is 14.8 Å².